The van der Waals surface area contributed by atoms with Crippen LogP contribution >= 0.6 is 22.6 Å². The van der Waals surface area contributed by atoms with Gasteiger partial charge in [-0.3, -0.25) is 4.72 Å². The smallest absolute Gasteiger partial charge is 0.283 e. The van der Waals surface area contributed by atoms with E-state index in [9.17, 15) is 21.6 Å². The Bertz CT molecular complexity index is 540. The molecule has 0 amide bonds. The maximum Gasteiger partial charge on any atom is 0.416 e. The Kier molecular flexibility index (Phi) is 3.97. The van der Waals surface area contributed by atoms with Crippen LogP contribution in [0, 0.1) is 10.5 Å². The molecule has 0 heterocycles. The van der Waals surface area contributed by atoms with Crippen molar-refractivity contribution < 1.29 is 21.6 Å². The Hall–Kier alpha value is -0.510. The van der Waals surface area contributed by atoms with E-state index in [-0.39, 0.29) is 5.69 Å². The number of hydrogen-bond acceptors (Lipinski definition) is 2. The van der Waals surface area contributed by atoms with Crippen LogP contribution in [0.5, 0.6) is 0 Å². The molecule has 17 heavy (non-hydrogen) atoms. The minimum Gasteiger partial charge on any atom is -0.283 e. The average Bonchev–Trinajstić information content (AvgIpc) is 2.08. The van der Waals surface area contributed by atoms with E-state index in [1.165, 1.54) is 6.92 Å². The normalized spacial score (nSPS) is 12.6. The number of hydrogen-bond donors (Lipinski definition) is 1. The third kappa shape index (κ3) is 4.02. The Labute approximate surface area is 111 Å². The van der Waals surface area contributed by atoms with Crippen molar-refractivity contribution >= 4 is 38.3 Å². The van der Waals surface area contributed by atoms with Crippen molar-refractivity contribution in [1.82, 2.24) is 0 Å². The number of benzene rings is 1. The summed E-state index contributed by atoms with van der Waals surface area (Å²) in [6.45, 7) is 1.49. The predicted molar refractivity (Wildman–Crippen MR) is 67.4 cm³/mol. The Morgan fingerprint density at radius 2 is 1.82 bits per heavy atom. The summed E-state index contributed by atoms with van der Waals surface area (Å²) in [5.74, 6) is 0. The first kappa shape index (κ1) is 14.6. The van der Waals surface area contributed by atoms with Gasteiger partial charge in [0, 0.05) is 3.57 Å². The van der Waals surface area contributed by atoms with Crippen molar-refractivity contribution in [3.05, 3.63) is 26.8 Å². The van der Waals surface area contributed by atoms with Crippen LogP contribution in [0.3, 0.4) is 0 Å². The molecule has 0 atom stereocenters. The molecule has 3 nitrogen and oxygen atoms in total. The van der Waals surface area contributed by atoms with E-state index >= 15 is 0 Å². The van der Waals surface area contributed by atoms with E-state index in [1.54, 1.807) is 22.6 Å². The van der Waals surface area contributed by atoms with Gasteiger partial charge in [-0.05, 0) is 47.2 Å². The van der Waals surface area contributed by atoms with Crippen molar-refractivity contribution in [2.75, 3.05) is 11.0 Å². The Morgan fingerprint density at radius 3 is 2.24 bits per heavy atom. The first-order valence-electron chi connectivity index (χ1n) is 4.36. The molecular weight excluding hydrogens is 370 g/mol. The van der Waals surface area contributed by atoms with Gasteiger partial charge in [0.05, 0.1) is 17.5 Å². The number of anilines is 1. The fourth-order valence-corrected chi connectivity index (χ4v) is 2.40. The third-order valence-electron chi connectivity index (χ3n) is 1.88. The molecule has 0 aliphatic carbocycles. The quantitative estimate of drug-likeness (QED) is 0.804. The van der Waals surface area contributed by atoms with Crippen molar-refractivity contribution in [2.45, 2.75) is 13.1 Å². The number of aryl methyl sites for hydroxylation is 1. The molecule has 0 bridgehead atoms. The summed E-state index contributed by atoms with van der Waals surface area (Å²) in [7, 11) is -3.60. The molecule has 0 aromatic heterocycles. The summed E-state index contributed by atoms with van der Waals surface area (Å²) in [5.41, 5.74) is -0.562. The summed E-state index contributed by atoms with van der Waals surface area (Å²) in [4.78, 5) is 0. The number of halogens is 4. The molecule has 8 heteroatoms. The van der Waals surface area contributed by atoms with E-state index in [4.69, 9.17) is 0 Å². The summed E-state index contributed by atoms with van der Waals surface area (Å²) in [6.07, 6.45) is -3.61. The van der Waals surface area contributed by atoms with Crippen molar-refractivity contribution in [2.24, 2.45) is 0 Å². The molecule has 0 saturated carbocycles. The fraction of sp³-hybridized carbons (Fsp3) is 0.333. The minimum absolute atomic E-state index is 0.0552. The molecule has 0 aliphatic rings. The zero-order chi connectivity index (χ0) is 13.4. The van der Waals surface area contributed by atoms with Gasteiger partial charge >= 0.3 is 6.18 Å². The average molecular weight is 379 g/mol. The second-order valence-electron chi connectivity index (χ2n) is 3.53. The topological polar surface area (TPSA) is 46.2 Å². The van der Waals surface area contributed by atoms with Crippen LogP contribution in [-0.4, -0.2) is 14.7 Å². The van der Waals surface area contributed by atoms with Crippen molar-refractivity contribution in [3.63, 3.8) is 0 Å². The van der Waals surface area contributed by atoms with Gasteiger partial charge in [0.25, 0.3) is 0 Å². The molecule has 0 fully saturated rings. The van der Waals surface area contributed by atoms with Gasteiger partial charge in [0.2, 0.25) is 10.0 Å². The SMILES string of the molecule is Cc1cc(C(F)(F)F)cc(NS(C)(=O)=O)c1I. The van der Waals surface area contributed by atoms with Crippen LogP contribution in [-0.2, 0) is 16.2 Å². The zero-order valence-electron chi connectivity index (χ0n) is 8.89. The van der Waals surface area contributed by atoms with Crippen LogP contribution < -0.4 is 4.72 Å². The standard InChI is InChI=1S/C9H9F3INO2S/c1-5-3-6(9(10,11)12)4-7(8(5)13)14-17(2,15)16/h3-4,14H,1-2H3. The van der Waals surface area contributed by atoms with Gasteiger partial charge in [0.15, 0.2) is 0 Å². The number of sulfonamides is 1. The summed E-state index contributed by atoms with van der Waals surface area (Å²) >= 11 is 1.80. The Morgan fingerprint density at radius 1 is 1.29 bits per heavy atom. The van der Waals surface area contributed by atoms with E-state index in [2.05, 4.69) is 4.72 Å². The molecule has 0 unspecified atom stereocenters. The maximum absolute atomic E-state index is 12.5. The lowest BCUT2D eigenvalue weighted by Crippen LogP contribution is -2.13. The van der Waals surface area contributed by atoms with E-state index in [1.807, 2.05) is 0 Å². The molecule has 0 radical (unpaired) electrons. The lowest BCUT2D eigenvalue weighted by atomic mass is 10.1. The van der Waals surface area contributed by atoms with Gasteiger partial charge in [-0.25, -0.2) is 8.42 Å². The first-order valence-corrected chi connectivity index (χ1v) is 7.33. The summed E-state index contributed by atoms with van der Waals surface area (Å²) in [5, 5.41) is 0. The highest BCUT2D eigenvalue weighted by Crippen LogP contribution is 2.34. The lowest BCUT2D eigenvalue weighted by Gasteiger charge is -2.13. The van der Waals surface area contributed by atoms with E-state index in [0.717, 1.165) is 18.4 Å². The van der Waals surface area contributed by atoms with Crippen LogP contribution in [0.4, 0.5) is 18.9 Å². The molecule has 0 spiro atoms. The van der Waals surface area contributed by atoms with Gasteiger partial charge < -0.3 is 0 Å². The number of alkyl halides is 3. The van der Waals surface area contributed by atoms with Gasteiger partial charge in [-0.15, -0.1) is 0 Å². The molecule has 96 valence electrons. The highest BCUT2D eigenvalue weighted by molar-refractivity contribution is 14.1. The Balaban J connectivity index is 3.36. The van der Waals surface area contributed by atoms with Crippen LogP contribution in [0.1, 0.15) is 11.1 Å². The molecule has 1 aromatic carbocycles. The molecule has 0 saturated heterocycles. The largest absolute Gasteiger partial charge is 0.416 e. The zero-order valence-corrected chi connectivity index (χ0v) is 11.9. The minimum atomic E-state index is -4.50. The van der Waals surface area contributed by atoms with Crippen LogP contribution in [0.2, 0.25) is 0 Å². The second-order valence-corrected chi connectivity index (χ2v) is 6.35. The molecule has 1 N–H and O–H groups in total. The maximum atomic E-state index is 12.5. The highest BCUT2D eigenvalue weighted by atomic mass is 127. The summed E-state index contributed by atoms with van der Waals surface area (Å²) < 4.78 is 62.2. The fourth-order valence-electron chi connectivity index (χ4n) is 1.21. The van der Waals surface area contributed by atoms with Crippen LogP contribution in [0.15, 0.2) is 12.1 Å². The van der Waals surface area contributed by atoms with E-state index < -0.39 is 21.8 Å². The predicted octanol–water partition coefficient (Wildman–Crippen LogP) is 2.99. The monoisotopic (exact) mass is 379 g/mol. The van der Waals surface area contributed by atoms with Crippen LogP contribution in [0.25, 0.3) is 0 Å². The van der Waals surface area contributed by atoms with Crippen molar-refractivity contribution in [3.8, 4) is 0 Å². The number of nitrogens with one attached hydrogen (secondary N) is 1. The molecule has 1 rings (SSSR count). The molecular formula is C9H9F3INO2S. The van der Waals surface area contributed by atoms with Gasteiger partial charge in [-0.1, -0.05) is 0 Å². The molecule has 1 aromatic rings. The summed E-state index contributed by atoms with van der Waals surface area (Å²) in [6, 6.07) is 1.77. The highest BCUT2D eigenvalue weighted by Gasteiger charge is 2.31. The first-order chi connectivity index (χ1) is 7.50. The second kappa shape index (κ2) is 4.63. The van der Waals surface area contributed by atoms with Gasteiger partial charge in [-0.2, -0.15) is 13.2 Å². The van der Waals surface area contributed by atoms with Gasteiger partial charge in [0.1, 0.15) is 0 Å². The lowest BCUT2D eigenvalue weighted by molar-refractivity contribution is -0.137. The van der Waals surface area contributed by atoms with E-state index in [0.29, 0.717) is 9.13 Å². The third-order valence-corrected chi connectivity index (χ3v) is 3.90. The number of rotatable bonds is 2. The molecule has 0 aliphatic heterocycles. The van der Waals surface area contributed by atoms with Crippen molar-refractivity contribution in [1.29, 1.82) is 0 Å².